The number of carbonyl (C=O) groups excluding carboxylic acids is 1. The minimum atomic E-state index is 0.0981. The van der Waals surface area contributed by atoms with Crippen LogP contribution < -0.4 is 5.32 Å². The standard InChI is InChI=1S/C13H19NOS/c1-9-5-3-6-11(10(9)2)14-13(15)12-7-4-8-16-12/h4,7-11H,3,5-6H2,1-2H3,(H,14,15)/t9-,10+,11+/m1/s1. The molecule has 1 aromatic rings. The summed E-state index contributed by atoms with van der Waals surface area (Å²) in [5.41, 5.74) is 0. The number of hydrogen-bond acceptors (Lipinski definition) is 2. The zero-order valence-corrected chi connectivity index (χ0v) is 10.7. The lowest BCUT2D eigenvalue weighted by Crippen LogP contribution is -2.43. The number of carbonyl (C=O) groups is 1. The third kappa shape index (κ3) is 2.46. The van der Waals surface area contributed by atoms with E-state index in [0.29, 0.717) is 12.0 Å². The van der Waals surface area contributed by atoms with Gasteiger partial charge in [-0.3, -0.25) is 4.79 Å². The fourth-order valence-electron chi connectivity index (χ4n) is 2.43. The molecular weight excluding hydrogens is 218 g/mol. The van der Waals surface area contributed by atoms with Crippen LogP contribution >= 0.6 is 11.3 Å². The van der Waals surface area contributed by atoms with Gasteiger partial charge in [-0.05, 0) is 29.7 Å². The largest absolute Gasteiger partial charge is 0.348 e. The van der Waals surface area contributed by atoms with Crippen molar-refractivity contribution in [3.8, 4) is 0 Å². The Labute approximate surface area is 101 Å². The van der Waals surface area contributed by atoms with E-state index < -0.39 is 0 Å². The third-order valence-electron chi connectivity index (χ3n) is 3.77. The van der Waals surface area contributed by atoms with Crippen LogP contribution in [0.15, 0.2) is 17.5 Å². The quantitative estimate of drug-likeness (QED) is 0.840. The van der Waals surface area contributed by atoms with Crippen molar-refractivity contribution in [3.63, 3.8) is 0 Å². The summed E-state index contributed by atoms with van der Waals surface area (Å²) >= 11 is 1.51. The Hall–Kier alpha value is -0.830. The van der Waals surface area contributed by atoms with Crippen LogP contribution in [0.2, 0.25) is 0 Å². The van der Waals surface area contributed by atoms with E-state index in [4.69, 9.17) is 0 Å². The molecule has 1 aliphatic carbocycles. The molecule has 1 N–H and O–H groups in total. The molecule has 0 saturated heterocycles. The van der Waals surface area contributed by atoms with E-state index in [2.05, 4.69) is 19.2 Å². The van der Waals surface area contributed by atoms with Gasteiger partial charge in [0.2, 0.25) is 0 Å². The molecule has 0 aliphatic heterocycles. The minimum Gasteiger partial charge on any atom is -0.348 e. The van der Waals surface area contributed by atoms with Crippen LogP contribution in [0, 0.1) is 11.8 Å². The Morgan fingerprint density at radius 1 is 1.44 bits per heavy atom. The van der Waals surface area contributed by atoms with Crippen LogP contribution in [0.25, 0.3) is 0 Å². The number of nitrogens with one attached hydrogen (secondary N) is 1. The van der Waals surface area contributed by atoms with Crippen molar-refractivity contribution >= 4 is 17.2 Å². The van der Waals surface area contributed by atoms with E-state index in [-0.39, 0.29) is 5.91 Å². The number of amides is 1. The van der Waals surface area contributed by atoms with Crippen molar-refractivity contribution in [1.82, 2.24) is 5.32 Å². The minimum absolute atomic E-state index is 0.0981. The van der Waals surface area contributed by atoms with E-state index >= 15 is 0 Å². The maximum Gasteiger partial charge on any atom is 0.261 e. The van der Waals surface area contributed by atoms with Gasteiger partial charge in [0.25, 0.3) is 5.91 Å². The zero-order valence-electron chi connectivity index (χ0n) is 9.90. The summed E-state index contributed by atoms with van der Waals surface area (Å²) in [6.45, 7) is 4.54. The molecule has 0 radical (unpaired) electrons. The van der Waals surface area contributed by atoms with Gasteiger partial charge < -0.3 is 5.32 Å². The van der Waals surface area contributed by atoms with Crippen LogP contribution in [-0.2, 0) is 0 Å². The SMILES string of the molecule is C[C@H]1[C@H](C)CCC[C@@H]1NC(=O)c1cccs1. The van der Waals surface area contributed by atoms with Crippen molar-refractivity contribution in [3.05, 3.63) is 22.4 Å². The van der Waals surface area contributed by atoms with E-state index in [1.54, 1.807) is 0 Å². The predicted octanol–water partition coefficient (Wildman–Crippen LogP) is 3.30. The Balaban J connectivity index is 1.96. The van der Waals surface area contributed by atoms with E-state index in [9.17, 15) is 4.79 Å². The molecule has 1 aliphatic rings. The molecule has 0 bridgehead atoms. The first-order valence-electron chi connectivity index (χ1n) is 6.03. The van der Waals surface area contributed by atoms with Gasteiger partial charge in [-0.15, -0.1) is 11.3 Å². The Morgan fingerprint density at radius 3 is 2.94 bits per heavy atom. The smallest absolute Gasteiger partial charge is 0.261 e. The monoisotopic (exact) mass is 237 g/mol. The second-order valence-corrected chi connectivity index (χ2v) is 5.77. The zero-order chi connectivity index (χ0) is 11.5. The van der Waals surface area contributed by atoms with Crippen LogP contribution in [0.4, 0.5) is 0 Å². The van der Waals surface area contributed by atoms with Gasteiger partial charge in [-0.2, -0.15) is 0 Å². The highest BCUT2D eigenvalue weighted by atomic mass is 32.1. The first-order chi connectivity index (χ1) is 7.68. The third-order valence-corrected chi connectivity index (χ3v) is 4.64. The molecule has 0 unspecified atom stereocenters. The number of hydrogen-bond donors (Lipinski definition) is 1. The fourth-order valence-corrected chi connectivity index (χ4v) is 3.06. The lowest BCUT2D eigenvalue weighted by atomic mass is 9.78. The topological polar surface area (TPSA) is 29.1 Å². The summed E-state index contributed by atoms with van der Waals surface area (Å²) < 4.78 is 0. The number of rotatable bonds is 2. The molecule has 1 fully saturated rings. The van der Waals surface area contributed by atoms with Crippen molar-refractivity contribution in [2.75, 3.05) is 0 Å². The van der Waals surface area contributed by atoms with Crippen LogP contribution in [0.3, 0.4) is 0 Å². The molecule has 2 nitrogen and oxygen atoms in total. The van der Waals surface area contributed by atoms with Crippen LogP contribution in [0.1, 0.15) is 42.8 Å². The second kappa shape index (κ2) is 5.00. The van der Waals surface area contributed by atoms with Gasteiger partial charge in [0.1, 0.15) is 0 Å². The first kappa shape index (κ1) is 11.6. The summed E-state index contributed by atoms with van der Waals surface area (Å²) in [7, 11) is 0. The maximum atomic E-state index is 11.9. The van der Waals surface area contributed by atoms with Gasteiger partial charge in [0, 0.05) is 6.04 Å². The summed E-state index contributed by atoms with van der Waals surface area (Å²) in [6, 6.07) is 4.17. The van der Waals surface area contributed by atoms with Crippen molar-refractivity contribution < 1.29 is 4.79 Å². The molecule has 1 heterocycles. The fraction of sp³-hybridized carbons (Fsp3) is 0.615. The van der Waals surface area contributed by atoms with Crippen LogP contribution in [0.5, 0.6) is 0 Å². The molecule has 1 saturated carbocycles. The number of thiophene rings is 1. The highest BCUT2D eigenvalue weighted by molar-refractivity contribution is 7.12. The molecule has 88 valence electrons. The maximum absolute atomic E-state index is 11.9. The highest BCUT2D eigenvalue weighted by Gasteiger charge is 2.28. The Morgan fingerprint density at radius 2 is 2.25 bits per heavy atom. The molecule has 2 rings (SSSR count). The summed E-state index contributed by atoms with van der Waals surface area (Å²) in [5, 5.41) is 5.12. The molecule has 0 aromatic carbocycles. The lowest BCUT2D eigenvalue weighted by Gasteiger charge is -2.34. The van der Waals surface area contributed by atoms with Gasteiger partial charge in [0.05, 0.1) is 4.88 Å². The molecule has 3 atom stereocenters. The molecule has 16 heavy (non-hydrogen) atoms. The van der Waals surface area contributed by atoms with Crippen LogP contribution in [-0.4, -0.2) is 11.9 Å². The summed E-state index contributed by atoms with van der Waals surface area (Å²) in [5.74, 6) is 1.42. The molecular formula is C13H19NOS. The normalized spacial score (nSPS) is 30.0. The lowest BCUT2D eigenvalue weighted by molar-refractivity contribution is 0.0895. The van der Waals surface area contributed by atoms with Gasteiger partial charge >= 0.3 is 0 Å². The van der Waals surface area contributed by atoms with Crippen molar-refractivity contribution in [2.45, 2.75) is 39.2 Å². The first-order valence-corrected chi connectivity index (χ1v) is 6.91. The predicted molar refractivity (Wildman–Crippen MR) is 67.8 cm³/mol. The summed E-state index contributed by atoms with van der Waals surface area (Å²) in [6.07, 6.45) is 3.66. The van der Waals surface area contributed by atoms with Crippen molar-refractivity contribution in [2.24, 2.45) is 11.8 Å². The highest BCUT2D eigenvalue weighted by Crippen LogP contribution is 2.29. The van der Waals surface area contributed by atoms with E-state index in [1.807, 2.05) is 17.5 Å². The molecule has 3 heteroatoms. The van der Waals surface area contributed by atoms with Crippen molar-refractivity contribution in [1.29, 1.82) is 0 Å². The summed E-state index contributed by atoms with van der Waals surface area (Å²) in [4.78, 5) is 12.8. The Bertz CT molecular complexity index is 347. The molecule has 1 aromatic heterocycles. The second-order valence-electron chi connectivity index (χ2n) is 4.82. The van der Waals surface area contributed by atoms with E-state index in [0.717, 1.165) is 17.2 Å². The molecule has 0 spiro atoms. The Kier molecular flexibility index (Phi) is 3.64. The van der Waals surface area contributed by atoms with E-state index in [1.165, 1.54) is 24.2 Å². The van der Waals surface area contributed by atoms with Gasteiger partial charge in [-0.1, -0.05) is 32.8 Å². The van der Waals surface area contributed by atoms with Gasteiger partial charge in [0.15, 0.2) is 0 Å². The average Bonchev–Trinajstić information content (AvgIpc) is 2.78. The average molecular weight is 237 g/mol. The molecule has 1 amide bonds. The van der Waals surface area contributed by atoms with Gasteiger partial charge in [-0.25, -0.2) is 0 Å².